The van der Waals surface area contributed by atoms with Crippen LogP contribution in [0.15, 0.2) is 18.2 Å². The van der Waals surface area contributed by atoms with Gasteiger partial charge in [-0.3, -0.25) is 10.1 Å². The predicted octanol–water partition coefficient (Wildman–Crippen LogP) is 1.76. The summed E-state index contributed by atoms with van der Waals surface area (Å²) >= 11 is 0. The summed E-state index contributed by atoms with van der Waals surface area (Å²) in [6.45, 7) is 1.96. The van der Waals surface area contributed by atoms with Crippen molar-refractivity contribution in [3.63, 3.8) is 0 Å². The number of nitro groups is 1. The molecule has 0 aromatic heterocycles. The fraction of sp³-hybridized carbons (Fsp3) is 0.462. The molecule has 0 atom stereocenters. The smallest absolute Gasteiger partial charge is 0.337 e. The summed E-state index contributed by atoms with van der Waals surface area (Å²) in [5.74, 6) is -1.14. The molecule has 0 fully saturated rings. The summed E-state index contributed by atoms with van der Waals surface area (Å²) in [5, 5.41) is 22.6. The number of nitrogens with one attached hydrogen (secondary N) is 1. The van der Waals surface area contributed by atoms with E-state index in [1.165, 1.54) is 18.2 Å². The molecule has 0 spiro atoms. The van der Waals surface area contributed by atoms with E-state index in [1.54, 1.807) is 7.11 Å². The zero-order valence-corrected chi connectivity index (χ0v) is 11.7. The minimum Gasteiger partial charge on any atom is -0.478 e. The third-order valence-electron chi connectivity index (χ3n) is 2.66. The van der Waals surface area contributed by atoms with Crippen LogP contribution < -0.4 is 5.32 Å². The highest BCUT2D eigenvalue weighted by molar-refractivity contribution is 5.94. The van der Waals surface area contributed by atoms with Crippen molar-refractivity contribution in [1.29, 1.82) is 0 Å². The number of benzene rings is 1. The summed E-state index contributed by atoms with van der Waals surface area (Å²) in [6, 6.07) is 3.61. The van der Waals surface area contributed by atoms with Crippen LogP contribution in [0.3, 0.4) is 0 Å². The molecule has 0 amide bonds. The Kier molecular flexibility index (Phi) is 7.13. The molecule has 0 saturated carbocycles. The quantitative estimate of drug-likeness (QED) is 0.384. The average molecular weight is 298 g/mol. The SMILES string of the molecule is COCCOCCCNc1cc([N+](=O)[O-])ccc1C(=O)O. The lowest BCUT2D eigenvalue weighted by atomic mass is 10.1. The van der Waals surface area contributed by atoms with Crippen molar-refractivity contribution < 1.29 is 24.3 Å². The van der Waals surface area contributed by atoms with Gasteiger partial charge in [0.15, 0.2) is 0 Å². The second kappa shape index (κ2) is 8.88. The van der Waals surface area contributed by atoms with Gasteiger partial charge in [-0.25, -0.2) is 4.79 Å². The number of carboxylic acids is 1. The number of nitrogens with zero attached hydrogens (tertiary/aromatic N) is 1. The van der Waals surface area contributed by atoms with Crippen molar-refractivity contribution in [1.82, 2.24) is 0 Å². The van der Waals surface area contributed by atoms with Crippen molar-refractivity contribution >= 4 is 17.3 Å². The van der Waals surface area contributed by atoms with Gasteiger partial charge >= 0.3 is 5.97 Å². The van der Waals surface area contributed by atoms with Gasteiger partial charge < -0.3 is 19.9 Å². The number of ether oxygens (including phenoxy) is 2. The molecule has 2 N–H and O–H groups in total. The monoisotopic (exact) mass is 298 g/mol. The summed E-state index contributed by atoms with van der Waals surface area (Å²) in [7, 11) is 1.58. The molecule has 0 heterocycles. The molecular formula is C13H18N2O6. The standard InChI is InChI=1S/C13H18N2O6/c1-20-7-8-21-6-2-5-14-12-9-10(15(18)19)3-4-11(12)13(16)17/h3-4,9,14H,2,5-8H2,1H3,(H,16,17). The number of hydrogen-bond acceptors (Lipinski definition) is 6. The van der Waals surface area contributed by atoms with Gasteiger partial charge in [0.2, 0.25) is 0 Å². The van der Waals surface area contributed by atoms with Crippen molar-refractivity contribution in [3.8, 4) is 0 Å². The van der Waals surface area contributed by atoms with Gasteiger partial charge in [0.25, 0.3) is 5.69 Å². The van der Waals surface area contributed by atoms with E-state index in [9.17, 15) is 14.9 Å². The second-order valence-corrected chi connectivity index (χ2v) is 4.18. The van der Waals surface area contributed by atoms with Gasteiger partial charge in [-0.2, -0.15) is 0 Å². The van der Waals surface area contributed by atoms with Gasteiger partial charge in [0.1, 0.15) is 0 Å². The molecule has 0 radical (unpaired) electrons. The maximum Gasteiger partial charge on any atom is 0.337 e. The number of hydrogen-bond donors (Lipinski definition) is 2. The van der Waals surface area contributed by atoms with Gasteiger partial charge in [0.05, 0.1) is 29.4 Å². The highest BCUT2D eigenvalue weighted by atomic mass is 16.6. The van der Waals surface area contributed by atoms with Crippen LogP contribution in [-0.4, -0.2) is 49.5 Å². The lowest BCUT2D eigenvalue weighted by molar-refractivity contribution is -0.384. The number of nitro benzene ring substituents is 1. The van der Waals surface area contributed by atoms with E-state index in [4.69, 9.17) is 14.6 Å². The lowest BCUT2D eigenvalue weighted by Gasteiger charge is -2.09. The number of rotatable bonds is 10. The third-order valence-corrected chi connectivity index (χ3v) is 2.66. The number of non-ortho nitro benzene ring substituents is 1. The summed E-state index contributed by atoms with van der Waals surface area (Å²) in [6.07, 6.45) is 0.644. The van der Waals surface area contributed by atoms with Crippen molar-refractivity contribution in [3.05, 3.63) is 33.9 Å². The summed E-state index contributed by atoms with van der Waals surface area (Å²) in [4.78, 5) is 21.2. The largest absolute Gasteiger partial charge is 0.478 e. The van der Waals surface area contributed by atoms with Gasteiger partial charge in [0, 0.05) is 32.4 Å². The third kappa shape index (κ3) is 5.76. The van der Waals surface area contributed by atoms with Crippen molar-refractivity contribution in [2.45, 2.75) is 6.42 Å². The first-order chi connectivity index (χ1) is 10.1. The Labute approximate surface area is 121 Å². The Morgan fingerprint density at radius 2 is 2.14 bits per heavy atom. The molecule has 8 nitrogen and oxygen atoms in total. The zero-order chi connectivity index (χ0) is 15.7. The predicted molar refractivity (Wildman–Crippen MR) is 75.9 cm³/mol. The molecule has 0 aliphatic heterocycles. The van der Waals surface area contributed by atoms with Crippen LogP contribution in [0, 0.1) is 10.1 Å². The van der Waals surface area contributed by atoms with Crippen LogP contribution >= 0.6 is 0 Å². The summed E-state index contributed by atoms with van der Waals surface area (Å²) < 4.78 is 10.1. The van der Waals surface area contributed by atoms with Crippen LogP contribution in [0.1, 0.15) is 16.8 Å². The van der Waals surface area contributed by atoms with E-state index < -0.39 is 10.9 Å². The number of methoxy groups -OCH3 is 1. The first kappa shape index (κ1) is 16.9. The van der Waals surface area contributed by atoms with E-state index in [0.717, 1.165) is 0 Å². The molecule has 0 saturated heterocycles. The highest BCUT2D eigenvalue weighted by Crippen LogP contribution is 2.22. The Balaban J connectivity index is 2.53. The molecule has 1 rings (SSSR count). The maximum absolute atomic E-state index is 11.1. The van der Waals surface area contributed by atoms with E-state index in [-0.39, 0.29) is 16.9 Å². The van der Waals surface area contributed by atoms with Crippen LogP contribution in [0.2, 0.25) is 0 Å². The number of aromatic carboxylic acids is 1. The van der Waals surface area contributed by atoms with Gasteiger partial charge in [-0.05, 0) is 12.5 Å². The molecule has 8 heteroatoms. The van der Waals surface area contributed by atoms with Crippen LogP contribution in [0.25, 0.3) is 0 Å². The Morgan fingerprint density at radius 1 is 1.38 bits per heavy atom. The van der Waals surface area contributed by atoms with Crippen LogP contribution in [0.5, 0.6) is 0 Å². The lowest BCUT2D eigenvalue weighted by Crippen LogP contribution is -2.11. The van der Waals surface area contributed by atoms with Crippen LogP contribution in [-0.2, 0) is 9.47 Å². The normalized spacial score (nSPS) is 10.3. The van der Waals surface area contributed by atoms with Crippen molar-refractivity contribution in [2.75, 3.05) is 38.8 Å². The first-order valence-corrected chi connectivity index (χ1v) is 6.38. The maximum atomic E-state index is 11.1. The van der Waals surface area contributed by atoms with Crippen molar-refractivity contribution in [2.24, 2.45) is 0 Å². The molecule has 0 aliphatic rings. The van der Waals surface area contributed by atoms with Gasteiger partial charge in [-0.15, -0.1) is 0 Å². The molecular weight excluding hydrogens is 280 g/mol. The molecule has 21 heavy (non-hydrogen) atoms. The molecule has 1 aromatic carbocycles. The topological polar surface area (TPSA) is 111 Å². The molecule has 0 bridgehead atoms. The first-order valence-electron chi connectivity index (χ1n) is 6.38. The van der Waals surface area contributed by atoms with E-state index in [2.05, 4.69) is 5.32 Å². The zero-order valence-electron chi connectivity index (χ0n) is 11.7. The number of carbonyl (C=O) groups is 1. The number of anilines is 1. The van der Waals surface area contributed by atoms with E-state index in [0.29, 0.717) is 32.8 Å². The average Bonchev–Trinajstić information content (AvgIpc) is 2.45. The Hall–Kier alpha value is -2.19. The molecule has 1 aromatic rings. The number of carboxylic acid groups (broad SMARTS) is 1. The van der Waals surface area contributed by atoms with Crippen LogP contribution in [0.4, 0.5) is 11.4 Å². The van der Waals surface area contributed by atoms with Gasteiger partial charge in [-0.1, -0.05) is 0 Å². The fourth-order valence-electron chi connectivity index (χ4n) is 1.62. The summed E-state index contributed by atoms with van der Waals surface area (Å²) in [5.41, 5.74) is 0.0772. The van der Waals surface area contributed by atoms with E-state index >= 15 is 0 Å². The minimum absolute atomic E-state index is 0.000835. The minimum atomic E-state index is -1.14. The molecule has 0 aliphatic carbocycles. The highest BCUT2D eigenvalue weighted by Gasteiger charge is 2.14. The molecule has 116 valence electrons. The Morgan fingerprint density at radius 3 is 2.76 bits per heavy atom. The molecule has 0 unspecified atom stereocenters. The van der Waals surface area contributed by atoms with E-state index in [1.807, 2.05) is 0 Å². The Bertz CT molecular complexity index is 492. The second-order valence-electron chi connectivity index (χ2n) is 4.18. The fourth-order valence-corrected chi connectivity index (χ4v) is 1.62.